The van der Waals surface area contributed by atoms with Crippen LogP contribution in [0.4, 0.5) is 0 Å². The van der Waals surface area contributed by atoms with Crippen molar-refractivity contribution in [1.29, 1.82) is 0 Å². The molecular formula is C15H18O5. The number of hydrogen-bond donors (Lipinski definition) is 0. The van der Waals surface area contributed by atoms with Gasteiger partial charge in [0, 0.05) is 6.42 Å². The van der Waals surface area contributed by atoms with E-state index in [2.05, 4.69) is 0 Å². The average Bonchev–Trinajstić information content (AvgIpc) is 2.90. The molecule has 0 bridgehead atoms. The van der Waals surface area contributed by atoms with E-state index in [0.717, 1.165) is 0 Å². The van der Waals surface area contributed by atoms with Gasteiger partial charge in [0.1, 0.15) is 12.7 Å². The Bertz CT molecular complexity index is 468. The van der Waals surface area contributed by atoms with Gasteiger partial charge >= 0.3 is 5.97 Å². The summed E-state index contributed by atoms with van der Waals surface area (Å²) in [5.74, 6) is -0.936. The molecule has 0 saturated carbocycles. The van der Waals surface area contributed by atoms with Gasteiger partial charge < -0.3 is 18.9 Å². The largest absolute Gasteiger partial charge is 0.459 e. The Balaban J connectivity index is 1.49. The van der Waals surface area contributed by atoms with Crippen LogP contribution in [0.25, 0.3) is 0 Å². The average molecular weight is 278 g/mol. The fourth-order valence-electron chi connectivity index (χ4n) is 2.52. The zero-order valence-corrected chi connectivity index (χ0v) is 11.6. The molecule has 0 aromatic heterocycles. The van der Waals surface area contributed by atoms with Crippen molar-refractivity contribution >= 4 is 5.97 Å². The topological polar surface area (TPSA) is 54.0 Å². The summed E-state index contributed by atoms with van der Waals surface area (Å²) in [5.41, 5.74) is 0.541. The Labute approximate surface area is 117 Å². The van der Waals surface area contributed by atoms with Crippen LogP contribution in [0.5, 0.6) is 0 Å². The molecule has 2 heterocycles. The summed E-state index contributed by atoms with van der Waals surface area (Å²) in [5, 5.41) is 0. The van der Waals surface area contributed by atoms with Gasteiger partial charge in [0.2, 0.25) is 0 Å². The van der Waals surface area contributed by atoms with Crippen molar-refractivity contribution in [3.8, 4) is 0 Å². The van der Waals surface area contributed by atoms with Crippen LogP contribution in [0.3, 0.4) is 0 Å². The van der Waals surface area contributed by atoms with Crippen LogP contribution < -0.4 is 0 Å². The van der Waals surface area contributed by atoms with E-state index < -0.39 is 5.79 Å². The van der Waals surface area contributed by atoms with Crippen molar-refractivity contribution in [3.63, 3.8) is 0 Å². The third-order valence-corrected chi connectivity index (χ3v) is 3.37. The zero-order valence-electron chi connectivity index (χ0n) is 11.6. The standard InChI is InChI=1S/C15H18O5/c1-15(2)19-12-8-11(18-14(12)20-15)9-17-13(16)10-6-4-3-5-7-10/h3-7,11-12,14H,8-9H2,1-2H3/t11-,12+,14+/m1/s1. The SMILES string of the molecule is CC1(C)O[C@@H]2O[C@@H](COC(=O)c3ccccc3)C[C@@H]2O1. The summed E-state index contributed by atoms with van der Waals surface area (Å²) in [6.45, 7) is 3.94. The highest BCUT2D eigenvalue weighted by atomic mass is 16.8. The molecule has 0 amide bonds. The molecule has 0 aliphatic carbocycles. The fraction of sp³-hybridized carbons (Fsp3) is 0.533. The van der Waals surface area contributed by atoms with Gasteiger partial charge in [0.15, 0.2) is 12.1 Å². The summed E-state index contributed by atoms with van der Waals surface area (Å²) in [7, 11) is 0. The van der Waals surface area contributed by atoms with E-state index in [9.17, 15) is 4.79 Å². The minimum atomic E-state index is -0.596. The highest BCUT2D eigenvalue weighted by molar-refractivity contribution is 5.89. The van der Waals surface area contributed by atoms with Crippen LogP contribution in [0.15, 0.2) is 30.3 Å². The molecule has 1 aromatic carbocycles. The predicted octanol–water partition coefficient (Wildman–Crippen LogP) is 2.11. The number of carbonyl (C=O) groups excluding carboxylic acids is 1. The van der Waals surface area contributed by atoms with Crippen molar-refractivity contribution in [3.05, 3.63) is 35.9 Å². The van der Waals surface area contributed by atoms with Crippen molar-refractivity contribution in [2.45, 2.75) is 44.6 Å². The minimum absolute atomic E-state index is 0.0783. The molecule has 2 saturated heterocycles. The smallest absolute Gasteiger partial charge is 0.338 e. The van der Waals surface area contributed by atoms with Crippen LogP contribution in [-0.4, -0.2) is 36.9 Å². The normalized spacial score (nSPS) is 31.0. The third kappa shape index (κ3) is 2.85. The van der Waals surface area contributed by atoms with Gasteiger partial charge in [-0.15, -0.1) is 0 Å². The van der Waals surface area contributed by atoms with Crippen LogP contribution in [0, 0.1) is 0 Å². The molecule has 20 heavy (non-hydrogen) atoms. The van der Waals surface area contributed by atoms with E-state index >= 15 is 0 Å². The number of fused-ring (bicyclic) bond motifs is 1. The van der Waals surface area contributed by atoms with E-state index in [0.29, 0.717) is 12.0 Å². The lowest BCUT2D eigenvalue weighted by Crippen LogP contribution is -2.26. The summed E-state index contributed by atoms with van der Waals surface area (Å²) >= 11 is 0. The predicted molar refractivity (Wildman–Crippen MR) is 70.0 cm³/mol. The van der Waals surface area contributed by atoms with Crippen LogP contribution >= 0.6 is 0 Å². The molecule has 0 unspecified atom stereocenters. The van der Waals surface area contributed by atoms with Crippen LogP contribution in [0.1, 0.15) is 30.6 Å². The van der Waals surface area contributed by atoms with Gasteiger partial charge in [-0.1, -0.05) is 18.2 Å². The highest BCUT2D eigenvalue weighted by Crippen LogP contribution is 2.37. The molecule has 2 aliphatic rings. The molecule has 0 spiro atoms. The van der Waals surface area contributed by atoms with Crippen molar-refractivity contribution < 1.29 is 23.7 Å². The number of ether oxygens (including phenoxy) is 4. The lowest BCUT2D eigenvalue weighted by Gasteiger charge is -2.20. The fourth-order valence-corrected chi connectivity index (χ4v) is 2.52. The van der Waals surface area contributed by atoms with E-state index in [4.69, 9.17) is 18.9 Å². The number of benzene rings is 1. The lowest BCUT2D eigenvalue weighted by atomic mass is 10.2. The van der Waals surface area contributed by atoms with Gasteiger partial charge in [0.05, 0.1) is 11.7 Å². The van der Waals surface area contributed by atoms with Gasteiger partial charge in [-0.25, -0.2) is 4.79 Å². The molecule has 3 atom stereocenters. The Kier molecular flexibility index (Phi) is 3.50. The molecule has 2 fully saturated rings. The minimum Gasteiger partial charge on any atom is -0.459 e. The van der Waals surface area contributed by atoms with Gasteiger partial charge in [0.25, 0.3) is 0 Å². The Hall–Kier alpha value is -1.43. The summed E-state index contributed by atoms with van der Waals surface area (Å²) in [6, 6.07) is 8.91. The molecule has 5 nitrogen and oxygen atoms in total. The maximum Gasteiger partial charge on any atom is 0.338 e. The van der Waals surface area contributed by atoms with Gasteiger partial charge in [-0.05, 0) is 26.0 Å². The second kappa shape index (κ2) is 5.16. The summed E-state index contributed by atoms with van der Waals surface area (Å²) in [6.07, 6.45) is 0.0699. The quantitative estimate of drug-likeness (QED) is 0.793. The molecule has 0 N–H and O–H groups in total. The molecule has 108 valence electrons. The van der Waals surface area contributed by atoms with Gasteiger partial charge in [-0.2, -0.15) is 0 Å². The lowest BCUT2D eigenvalue weighted by molar-refractivity contribution is -0.207. The van der Waals surface area contributed by atoms with Crippen LogP contribution in [0.2, 0.25) is 0 Å². The Morgan fingerprint density at radius 1 is 1.30 bits per heavy atom. The highest BCUT2D eigenvalue weighted by Gasteiger charge is 2.48. The number of esters is 1. The summed E-state index contributed by atoms with van der Waals surface area (Å²) in [4.78, 5) is 11.8. The first-order valence-corrected chi connectivity index (χ1v) is 6.77. The van der Waals surface area contributed by atoms with Gasteiger partial charge in [-0.3, -0.25) is 0 Å². The number of carbonyl (C=O) groups is 1. The maximum atomic E-state index is 11.8. The maximum absolute atomic E-state index is 11.8. The zero-order chi connectivity index (χ0) is 14.2. The monoisotopic (exact) mass is 278 g/mol. The molecule has 3 rings (SSSR count). The molecule has 5 heteroatoms. The molecule has 1 aromatic rings. The molecular weight excluding hydrogens is 260 g/mol. The van der Waals surface area contributed by atoms with E-state index in [-0.39, 0.29) is 31.1 Å². The third-order valence-electron chi connectivity index (χ3n) is 3.37. The molecule has 0 radical (unpaired) electrons. The van der Waals surface area contributed by atoms with Crippen molar-refractivity contribution in [2.75, 3.05) is 6.61 Å². The summed E-state index contributed by atoms with van der Waals surface area (Å²) < 4.78 is 22.3. The van der Waals surface area contributed by atoms with Crippen molar-refractivity contribution in [2.24, 2.45) is 0 Å². The second-order valence-electron chi connectivity index (χ2n) is 5.50. The number of rotatable bonds is 3. The number of hydrogen-bond acceptors (Lipinski definition) is 5. The first-order valence-electron chi connectivity index (χ1n) is 6.77. The Morgan fingerprint density at radius 3 is 2.75 bits per heavy atom. The van der Waals surface area contributed by atoms with E-state index in [1.165, 1.54) is 0 Å². The first-order chi connectivity index (χ1) is 9.53. The van der Waals surface area contributed by atoms with Crippen molar-refractivity contribution in [1.82, 2.24) is 0 Å². The Morgan fingerprint density at radius 2 is 2.05 bits per heavy atom. The molecule has 2 aliphatic heterocycles. The van der Waals surface area contributed by atoms with Crippen LogP contribution in [-0.2, 0) is 18.9 Å². The first kappa shape index (κ1) is 13.5. The second-order valence-corrected chi connectivity index (χ2v) is 5.50. The van der Waals surface area contributed by atoms with E-state index in [1.807, 2.05) is 19.9 Å². The van der Waals surface area contributed by atoms with E-state index in [1.54, 1.807) is 24.3 Å².